The van der Waals surface area contributed by atoms with Gasteiger partial charge >= 0.3 is 0 Å². The number of rotatable bonds is 5. The molecule has 112 valence electrons. The van der Waals surface area contributed by atoms with Crippen LogP contribution in [0.1, 0.15) is 68.2 Å². The van der Waals surface area contributed by atoms with E-state index in [-0.39, 0.29) is 11.9 Å². The highest BCUT2D eigenvalue weighted by molar-refractivity contribution is 5.34. The molecule has 1 fully saturated rings. The monoisotopic (exact) mass is 277 g/mol. The summed E-state index contributed by atoms with van der Waals surface area (Å²) in [4.78, 5) is 0. The van der Waals surface area contributed by atoms with Crippen molar-refractivity contribution < 1.29 is 4.39 Å². The zero-order valence-electron chi connectivity index (χ0n) is 13.1. The van der Waals surface area contributed by atoms with Gasteiger partial charge in [-0.2, -0.15) is 0 Å². The molecule has 0 saturated heterocycles. The highest BCUT2D eigenvalue weighted by Crippen LogP contribution is 2.34. The smallest absolute Gasteiger partial charge is 0.128 e. The summed E-state index contributed by atoms with van der Waals surface area (Å²) in [7, 11) is 0. The van der Waals surface area contributed by atoms with E-state index in [4.69, 9.17) is 0 Å². The van der Waals surface area contributed by atoms with E-state index >= 15 is 0 Å². The second-order valence-electron chi connectivity index (χ2n) is 6.33. The van der Waals surface area contributed by atoms with Gasteiger partial charge in [-0.05, 0) is 49.9 Å². The molecule has 1 unspecified atom stereocenters. The molecule has 20 heavy (non-hydrogen) atoms. The Kier molecular flexibility index (Phi) is 5.59. The molecule has 1 atom stereocenters. The normalized spacial score (nSPS) is 18.2. The Morgan fingerprint density at radius 1 is 1.20 bits per heavy atom. The standard InChI is InChI=1S/C18H28FN/c1-4-20-17(12-15-8-6-5-7-9-15)18-14(3)10-13(2)11-16(18)19/h10-11,15,17,20H,4-9,12H2,1-3H3. The molecule has 0 heterocycles. The molecule has 2 rings (SSSR count). The maximum Gasteiger partial charge on any atom is 0.128 e. The number of nitrogens with one attached hydrogen (secondary N) is 1. The first-order valence-electron chi connectivity index (χ1n) is 8.11. The number of benzene rings is 1. The van der Waals surface area contributed by atoms with Gasteiger partial charge in [0, 0.05) is 11.6 Å². The average Bonchev–Trinajstić information content (AvgIpc) is 2.39. The molecule has 1 saturated carbocycles. The highest BCUT2D eigenvalue weighted by Gasteiger charge is 2.23. The first-order valence-corrected chi connectivity index (χ1v) is 8.11. The summed E-state index contributed by atoms with van der Waals surface area (Å²) in [6.07, 6.45) is 7.77. The van der Waals surface area contributed by atoms with E-state index in [1.54, 1.807) is 6.07 Å². The SMILES string of the molecule is CCNC(CC1CCCCC1)c1c(C)cc(C)cc1F. The van der Waals surface area contributed by atoms with Crippen LogP contribution in [0.5, 0.6) is 0 Å². The van der Waals surface area contributed by atoms with Gasteiger partial charge in [0.25, 0.3) is 0 Å². The number of halogens is 1. The van der Waals surface area contributed by atoms with E-state index in [9.17, 15) is 4.39 Å². The fourth-order valence-corrected chi connectivity index (χ4v) is 3.67. The Bertz CT molecular complexity index is 412. The van der Waals surface area contributed by atoms with Crippen LogP contribution < -0.4 is 5.32 Å². The molecule has 1 N–H and O–H groups in total. The lowest BCUT2D eigenvalue weighted by Gasteiger charge is -2.28. The maximum absolute atomic E-state index is 14.4. The molecule has 1 nitrogen and oxygen atoms in total. The summed E-state index contributed by atoms with van der Waals surface area (Å²) < 4.78 is 14.4. The lowest BCUT2D eigenvalue weighted by atomic mass is 9.82. The van der Waals surface area contributed by atoms with Gasteiger partial charge in [-0.25, -0.2) is 4.39 Å². The van der Waals surface area contributed by atoms with Gasteiger partial charge in [0.05, 0.1) is 0 Å². The average molecular weight is 277 g/mol. The third-order valence-electron chi connectivity index (χ3n) is 4.57. The molecule has 0 aliphatic heterocycles. The molecule has 1 aliphatic rings. The molecular formula is C18H28FN. The van der Waals surface area contributed by atoms with Crippen molar-refractivity contribution in [1.82, 2.24) is 5.32 Å². The number of hydrogen-bond acceptors (Lipinski definition) is 1. The van der Waals surface area contributed by atoms with Crippen LogP contribution in [0.4, 0.5) is 4.39 Å². The molecule has 1 aliphatic carbocycles. The van der Waals surface area contributed by atoms with E-state index in [1.807, 2.05) is 13.8 Å². The summed E-state index contributed by atoms with van der Waals surface area (Å²) in [5, 5.41) is 3.51. The van der Waals surface area contributed by atoms with Crippen LogP contribution in [0.15, 0.2) is 12.1 Å². The van der Waals surface area contributed by atoms with Crippen LogP contribution in [0.25, 0.3) is 0 Å². The van der Waals surface area contributed by atoms with Crippen LogP contribution >= 0.6 is 0 Å². The quantitative estimate of drug-likeness (QED) is 0.793. The van der Waals surface area contributed by atoms with Crippen molar-refractivity contribution in [3.05, 3.63) is 34.6 Å². The summed E-state index contributed by atoms with van der Waals surface area (Å²) in [6.45, 7) is 7.00. The fraction of sp³-hybridized carbons (Fsp3) is 0.667. The van der Waals surface area contributed by atoms with Crippen molar-refractivity contribution >= 4 is 0 Å². The van der Waals surface area contributed by atoms with Gasteiger partial charge in [0.2, 0.25) is 0 Å². The Morgan fingerprint density at radius 3 is 2.50 bits per heavy atom. The van der Waals surface area contributed by atoms with Crippen molar-refractivity contribution in [3.63, 3.8) is 0 Å². The third kappa shape index (κ3) is 3.82. The predicted octanol–water partition coefficient (Wildman–Crippen LogP) is 5.06. The predicted molar refractivity (Wildman–Crippen MR) is 83.5 cm³/mol. The van der Waals surface area contributed by atoms with Crippen molar-refractivity contribution in [1.29, 1.82) is 0 Å². The van der Waals surface area contributed by atoms with Crippen molar-refractivity contribution in [2.24, 2.45) is 5.92 Å². The Hall–Kier alpha value is -0.890. The highest BCUT2D eigenvalue weighted by atomic mass is 19.1. The van der Waals surface area contributed by atoms with Gasteiger partial charge in [-0.3, -0.25) is 0 Å². The van der Waals surface area contributed by atoms with E-state index in [0.717, 1.165) is 35.6 Å². The van der Waals surface area contributed by atoms with Crippen molar-refractivity contribution in [3.8, 4) is 0 Å². The minimum absolute atomic E-state index is 0.0377. The molecule has 1 aromatic carbocycles. The van der Waals surface area contributed by atoms with Gasteiger partial charge in [0.15, 0.2) is 0 Å². The maximum atomic E-state index is 14.4. The van der Waals surface area contributed by atoms with Gasteiger partial charge in [-0.1, -0.05) is 45.1 Å². The van der Waals surface area contributed by atoms with Crippen LogP contribution in [0.3, 0.4) is 0 Å². The Labute approximate surface area is 123 Å². The summed E-state index contributed by atoms with van der Waals surface area (Å²) in [6, 6.07) is 3.95. The van der Waals surface area contributed by atoms with Crippen LogP contribution in [0, 0.1) is 25.6 Å². The lowest BCUT2D eigenvalue weighted by molar-refractivity contribution is 0.298. The largest absolute Gasteiger partial charge is 0.310 e. The van der Waals surface area contributed by atoms with Crippen molar-refractivity contribution in [2.75, 3.05) is 6.54 Å². The van der Waals surface area contributed by atoms with Crippen LogP contribution in [0.2, 0.25) is 0 Å². The lowest BCUT2D eigenvalue weighted by Crippen LogP contribution is -2.26. The van der Waals surface area contributed by atoms with Crippen molar-refractivity contribution in [2.45, 2.75) is 65.3 Å². The second-order valence-corrected chi connectivity index (χ2v) is 6.33. The van der Waals surface area contributed by atoms with Gasteiger partial charge in [0.1, 0.15) is 5.82 Å². The molecule has 1 aromatic rings. The van der Waals surface area contributed by atoms with Gasteiger partial charge in [-0.15, -0.1) is 0 Å². The van der Waals surface area contributed by atoms with E-state index in [2.05, 4.69) is 18.3 Å². The molecule has 0 amide bonds. The molecular weight excluding hydrogens is 249 g/mol. The zero-order valence-corrected chi connectivity index (χ0v) is 13.1. The fourth-order valence-electron chi connectivity index (χ4n) is 3.67. The first-order chi connectivity index (χ1) is 9.61. The van der Waals surface area contributed by atoms with E-state index < -0.39 is 0 Å². The zero-order chi connectivity index (χ0) is 14.5. The van der Waals surface area contributed by atoms with Crippen LogP contribution in [-0.2, 0) is 0 Å². The molecule has 0 spiro atoms. The topological polar surface area (TPSA) is 12.0 Å². The number of aryl methyl sites for hydroxylation is 2. The summed E-state index contributed by atoms with van der Waals surface area (Å²) >= 11 is 0. The number of hydrogen-bond donors (Lipinski definition) is 1. The minimum atomic E-state index is -0.0377. The van der Waals surface area contributed by atoms with Crippen LogP contribution in [-0.4, -0.2) is 6.54 Å². The summed E-state index contributed by atoms with van der Waals surface area (Å²) in [5.41, 5.74) is 2.99. The van der Waals surface area contributed by atoms with Gasteiger partial charge < -0.3 is 5.32 Å². The second kappa shape index (κ2) is 7.21. The molecule has 0 radical (unpaired) electrons. The molecule has 2 heteroatoms. The van der Waals surface area contributed by atoms with E-state index in [0.29, 0.717) is 0 Å². The third-order valence-corrected chi connectivity index (χ3v) is 4.57. The summed E-state index contributed by atoms with van der Waals surface area (Å²) in [5.74, 6) is 0.720. The molecule has 0 bridgehead atoms. The Balaban J connectivity index is 2.19. The van der Waals surface area contributed by atoms with E-state index in [1.165, 1.54) is 32.1 Å². The minimum Gasteiger partial charge on any atom is -0.310 e. The first kappa shape index (κ1) is 15.5. The Morgan fingerprint density at radius 2 is 1.90 bits per heavy atom. The molecule has 0 aromatic heterocycles.